The summed E-state index contributed by atoms with van der Waals surface area (Å²) in [5, 5.41) is 0. The minimum Gasteiger partial charge on any atom is -0.493 e. The molecule has 2 aromatic rings. The molecule has 0 saturated heterocycles. The van der Waals surface area contributed by atoms with Crippen LogP contribution in [0.2, 0.25) is 0 Å². The Bertz CT molecular complexity index is 1390. The highest BCUT2D eigenvalue weighted by atomic mass is 16.5. The van der Waals surface area contributed by atoms with E-state index in [-0.39, 0.29) is 24.4 Å². The van der Waals surface area contributed by atoms with E-state index in [1.807, 2.05) is 18.2 Å². The third-order valence-corrected chi connectivity index (χ3v) is 9.19. The van der Waals surface area contributed by atoms with Crippen molar-refractivity contribution < 1.29 is 47.2 Å². The number of hydrogen-bond donors (Lipinski definition) is 0. The lowest BCUT2D eigenvalue weighted by Gasteiger charge is -2.46. The molecule has 10 heteroatoms. The summed E-state index contributed by atoms with van der Waals surface area (Å²) in [6.45, 7) is 2.38. The van der Waals surface area contributed by atoms with E-state index in [2.05, 4.69) is 19.2 Å². The first-order chi connectivity index (χ1) is 22.3. The molecule has 1 unspecified atom stereocenters. The molecule has 2 aliphatic rings. The Morgan fingerprint density at radius 1 is 0.652 bits per heavy atom. The van der Waals surface area contributed by atoms with Gasteiger partial charge in [0.1, 0.15) is 6.04 Å². The Kier molecular flexibility index (Phi) is 12.6. The van der Waals surface area contributed by atoms with E-state index in [1.54, 1.807) is 35.5 Å². The fourth-order valence-electron chi connectivity index (χ4n) is 6.69. The molecule has 0 N–H and O–H groups in total. The maximum Gasteiger partial charge on any atom is 0.306 e. The molecule has 0 amide bonds. The van der Waals surface area contributed by atoms with E-state index < -0.39 is 0 Å². The number of allylic oxidation sites excluding steroid dienone is 2. The molecule has 2 atom stereocenters. The maximum absolute atomic E-state index is 12.4. The predicted octanol–water partition coefficient (Wildman–Crippen LogP) is 5.56. The summed E-state index contributed by atoms with van der Waals surface area (Å²) in [4.78, 5) is 24.8. The number of carbonyl (C=O) groups is 2. The summed E-state index contributed by atoms with van der Waals surface area (Å²) < 4.78 is 40.9. The van der Waals surface area contributed by atoms with Crippen LogP contribution in [0.5, 0.6) is 28.7 Å². The second-order valence-electron chi connectivity index (χ2n) is 12.0. The van der Waals surface area contributed by atoms with Crippen molar-refractivity contribution in [3.05, 3.63) is 52.6 Å². The summed E-state index contributed by atoms with van der Waals surface area (Å²) in [6, 6.07) is 6.29. The first-order valence-electron chi connectivity index (χ1n) is 16.1. The van der Waals surface area contributed by atoms with Crippen molar-refractivity contribution in [1.82, 2.24) is 0 Å². The van der Waals surface area contributed by atoms with Gasteiger partial charge in [0.2, 0.25) is 5.75 Å². The molecule has 4 rings (SSSR count). The van der Waals surface area contributed by atoms with Crippen molar-refractivity contribution in [1.29, 1.82) is 0 Å². The highest BCUT2D eigenvalue weighted by Crippen LogP contribution is 2.47. The van der Waals surface area contributed by atoms with Gasteiger partial charge in [0, 0.05) is 43.2 Å². The second kappa shape index (κ2) is 16.6. The molecule has 0 spiro atoms. The Labute approximate surface area is 273 Å². The van der Waals surface area contributed by atoms with Crippen molar-refractivity contribution >= 4 is 11.9 Å². The van der Waals surface area contributed by atoms with Crippen molar-refractivity contribution in [2.45, 2.75) is 63.8 Å². The third-order valence-electron chi connectivity index (χ3n) is 9.19. The largest absolute Gasteiger partial charge is 0.493 e. The van der Waals surface area contributed by atoms with Gasteiger partial charge < -0.3 is 37.6 Å². The number of benzene rings is 2. The average Bonchev–Trinajstić information content (AvgIpc) is 3.06. The van der Waals surface area contributed by atoms with Crippen molar-refractivity contribution in [3.63, 3.8) is 0 Å². The lowest BCUT2D eigenvalue weighted by molar-refractivity contribution is -0.941. The molecule has 0 aliphatic carbocycles. The van der Waals surface area contributed by atoms with Gasteiger partial charge in [-0.2, -0.15) is 0 Å². The summed E-state index contributed by atoms with van der Waals surface area (Å²) in [5.41, 5.74) is 4.49. The van der Waals surface area contributed by atoms with Gasteiger partial charge in [0.25, 0.3) is 0 Å². The monoisotopic (exact) mass is 640 g/mol. The first kappa shape index (κ1) is 34.9. The first-order valence-corrected chi connectivity index (χ1v) is 16.1. The van der Waals surface area contributed by atoms with Crippen molar-refractivity contribution in [3.8, 4) is 28.7 Å². The number of rotatable bonds is 5. The Morgan fingerprint density at radius 2 is 1.24 bits per heavy atom. The fraction of sp³-hybridized carbons (Fsp3) is 0.556. The van der Waals surface area contributed by atoms with E-state index >= 15 is 0 Å². The van der Waals surface area contributed by atoms with Crippen molar-refractivity contribution in [2.75, 3.05) is 68.9 Å². The molecule has 2 heterocycles. The van der Waals surface area contributed by atoms with Crippen molar-refractivity contribution in [2.24, 2.45) is 0 Å². The van der Waals surface area contributed by atoms with Gasteiger partial charge in [-0.15, -0.1) is 0 Å². The molecule has 0 bridgehead atoms. The van der Waals surface area contributed by atoms with E-state index in [9.17, 15) is 9.59 Å². The number of esters is 2. The minimum atomic E-state index is -0.245. The highest BCUT2D eigenvalue weighted by molar-refractivity contribution is 5.70. The normalized spacial score (nSPS) is 22.3. The molecule has 0 aromatic heterocycles. The molecule has 0 radical (unpaired) electrons. The quantitative estimate of drug-likeness (QED) is 0.237. The van der Waals surface area contributed by atoms with Gasteiger partial charge in [-0.3, -0.25) is 9.59 Å². The van der Waals surface area contributed by atoms with Gasteiger partial charge in [0.05, 0.1) is 68.9 Å². The van der Waals surface area contributed by atoms with Crippen LogP contribution in [-0.4, -0.2) is 85.3 Å². The Hall–Kier alpha value is -3.92. The number of likely N-dealkylation sites (N-methyl/N-ethyl adjacent to an activating group) is 1. The van der Waals surface area contributed by atoms with Gasteiger partial charge >= 0.3 is 11.9 Å². The molecule has 2 aromatic carbocycles. The molecule has 0 saturated carbocycles. The smallest absolute Gasteiger partial charge is 0.306 e. The number of ether oxygens (including phenoxy) is 7. The number of nitrogens with zero attached hydrogens (tertiary/aromatic N) is 1. The van der Waals surface area contributed by atoms with E-state index in [1.165, 1.54) is 11.1 Å². The molecule has 10 nitrogen and oxygen atoms in total. The summed E-state index contributed by atoms with van der Waals surface area (Å²) in [7, 11) is 10.5. The zero-order valence-corrected chi connectivity index (χ0v) is 28.3. The number of cyclic esters (lactones) is 2. The molecule has 46 heavy (non-hydrogen) atoms. The van der Waals surface area contributed by atoms with Crippen LogP contribution in [-0.2, 0) is 38.3 Å². The fourth-order valence-corrected chi connectivity index (χ4v) is 6.69. The molecular formula is C36H50NO9+. The molecule has 252 valence electrons. The van der Waals surface area contributed by atoms with E-state index in [0.29, 0.717) is 80.5 Å². The summed E-state index contributed by atoms with van der Waals surface area (Å²) in [6.07, 6.45) is 9.13. The van der Waals surface area contributed by atoms with Crippen LogP contribution < -0.4 is 23.7 Å². The summed E-state index contributed by atoms with van der Waals surface area (Å²) >= 11 is 0. The van der Waals surface area contributed by atoms with Gasteiger partial charge in [-0.05, 0) is 55.0 Å². The topological polar surface area (TPSA) is 98.8 Å². The average molecular weight is 641 g/mol. The standard InChI is InChI=1S/C36H50NO9/c1-37-17-12-20-46-34(39)15-10-8-7-9-14-33(38)45-19-11-13-27-26(23-32(42-4)36(44-6)35(27)43-5)21-29(37)28-24-31(41-3)30(40-2)22-25(28)16-18-37/h7-8,22-24,29H,9-21H2,1-6H3/q+1/b8-7+/t29?,37-/m0/s1. The Balaban J connectivity index is 1.79. The number of fused-ring (bicyclic) bond motifs is 4. The van der Waals surface area contributed by atoms with Crippen LogP contribution in [0.3, 0.4) is 0 Å². The minimum absolute atomic E-state index is 0.0397. The number of methoxy groups -OCH3 is 5. The van der Waals surface area contributed by atoms with E-state index in [0.717, 1.165) is 41.5 Å². The lowest BCUT2D eigenvalue weighted by atomic mass is 9.84. The number of carbonyl (C=O) groups excluding carboxylic acids is 2. The van der Waals surface area contributed by atoms with Gasteiger partial charge in [-0.1, -0.05) is 12.2 Å². The molecule has 2 aliphatic heterocycles. The third kappa shape index (κ3) is 8.26. The van der Waals surface area contributed by atoms with E-state index in [4.69, 9.17) is 33.2 Å². The zero-order chi connectivity index (χ0) is 33.1. The zero-order valence-electron chi connectivity index (χ0n) is 28.3. The Morgan fingerprint density at radius 3 is 1.85 bits per heavy atom. The molecular weight excluding hydrogens is 590 g/mol. The number of hydrogen-bond acceptors (Lipinski definition) is 9. The summed E-state index contributed by atoms with van der Waals surface area (Å²) in [5.74, 6) is 2.69. The van der Waals surface area contributed by atoms with Crippen LogP contribution in [0.4, 0.5) is 0 Å². The van der Waals surface area contributed by atoms with Crippen LogP contribution >= 0.6 is 0 Å². The SMILES string of the molecule is COc1cc2c(cc1OC)C1Cc3cc(OC)c(OC)c(OC)c3CCCOC(=O)CC/C=C/CCC(=O)OCCC[N@@+]1(C)CC2. The number of quaternary nitrogens is 1. The maximum atomic E-state index is 12.4. The van der Waals surface area contributed by atoms with Crippen LogP contribution in [0.1, 0.15) is 66.8 Å². The lowest BCUT2D eigenvalue weighted by Crippen LogP contribution is -2.52. The molecule has 0 fully saturated rings. The van der Waals surface area contributed by atoms with Crippen LogP contribution in [0.15, 0.2) is 30.4 Å². The van der Waals surface area contributed by atoms with Crippen LogP contribution in [0, 0.1) is 0 Å². The van der Waals surface area contributed by atoms with Crippen LogP contribution in [0.25, 0.3) is 0 Å². The highest BCUT2D eigenvalue weighted by Gasteiger charge is 2.40. The van der Waals surface area contributed by atoms with Gasteiger partial charge in [0.15, 0.2) is 23.0 Å². The van der Waals surface area contributed by atoms with Gasteiger partial charge in [-0.25, -0.2) is 0 Å². The second-order valence-corrected chi connectivity index (χ2v) is 12.0. The predicted molar refractivity (Wildman–Crippen MR) is 174 cm³/mol.